The van der Waals surface area contributed by atoms with Crippen molar-refractivity contribution in [3.8, 4) is 5.75 Å². The summed E-state index contributed by atoms with van der Waals surface area (Å²) in [6.45, 7) is 2.19. The van der Waals surface area contributed by atoms with Crippen LogP contribution in [0, 0.1) is 0 Å². The first-order valence-electron chi connectivity index (χ1n) is 11.4. The first-order chi connectivity index (χ1) is 15.0. The summed E-state index contributed by atoms with van der Waals surface area (Å²) in [5, 5.41) is 10.2. The third-order valence-electron chi connectivity index (χ3n) is 6.72. The van der Waals surface area contributed by atoms with Crippen LogP contribution in [0.3, 0.4) is 0 Å². The van der Waals surface area contributed by atoms with Crippen molar-refractivity contribution < 1.29 is 5.11 Å². The van der Waals surface area contributed by atoms with Crippen molar-refractivity contribution in [3.05, 3.63) is 107 Å². The predicted octanol–water partition coefficient (Wildman–Crippen LogP) is 6.85. The van der Waals surface area contributed by atoms with Gasteiger partial charge >= 0.3 is 0 Å². The molecule has 160 valence electrons. The summed E-state index contributed by atoms with van der Waals surface area (Å²) in [6, 6.07) is 29.1. The average Bonchev–Trinajstić information content (AvgIpc) is 3.03. The van der Waals surface area contributed by atoms with Gasteiger partial charge < -0.3 is 10.8 Å². The van der Waals surface area contributed by atoms with E-state index in [9.17, 15) is 5.11 Å². The Morgan fingerprint density at radius 2 is 1.65 bits per heavy atom. The number of nitrogens with two attached hydrogens (primary N) is 1. The molecule has 0 aromatic heterocycles. The van der Waals surface area contributed by atoms with Crippen molar-refractivity contribution in [1.29, 1.82) is 0 Å². The summed E-state index contributed by atoms with van der Waals surface area (Å²) in [6.07, 6.45) is 6.13. The summed E-state index contributed by atoms with van der Waals surface area (Å²) in [7, 11) is 0. The summed E-state index contributed by atoms with van der Waals surface area (Å²) in [5.74, 6) is 0.786. The Balaban J connectivity index is 1.70. The second-order valence-corrected chi connectivity index (χ2v) is 9.11. The number of allylic oxidation sites excluding steroid dienone is 1. The monoisotopic (exact) mass is 411 g/mol. The largest absolute Gasteiger partial charge is 0.508 e. The predicted molar refractivity (Wildman–Crippen MR) is 130 cm³/mol. The molecule has 31 heavy (non-hydrogen) atoms. The summed E-state index contributed by atoms with van der Waals surface area (Å²) in [4.78, 5) is 0. The molecule has 3 aromatic carbocycles. The fraction of sp³-hybridized carbons (Fsp3) is 0.310. The molecule has 1 aliphatic carbocycles. The molecule has 0 bridgehead atoms. The van der Waals surface area contributed by atoms with E-state index in [1.807, 2.05) is 12.1 Å². The van der Waals surface area contributed by atoms with Gasteiger partial charge in [0.05, 0.1) is 0 Å². The lowest BCUT2D eigenvalue weighted by Gasteiger charge is -2.31. The molecule has 0 aliphatic heterocycles. The molecule has 1 aliphatic rings. The minimum absolute atomic E-state index is 0.313. The Kier molecular flexibility index (Phi) is 6.58. The molecule has 2 heteroatoms. The Morgan fingerprint density at radius 3 is 2.35 bits per heavy atom. The number of hydrogen-bond donors (Lipinski definition) is 2. The van der Waals surface area contributed by atoms with Gasteiger partial charge in [0.1, 0.15) is 5.75 Å². The molecule has 3 aromatic rings. The van der Waals surface area contributed by atoms with E-state index >= 15 is 0 Å². The molecule has 2 atom stereocenters. The van der Waals surface area contributed by atoms with Gasteiger partial charge in [-0.05, 0) is 91.3 Å². The Bertz CT molecular complexity index is 1020. The lowest BCUT2D eigenvalue weighted by Crippen LogP contribution is -2.39. The number of aromatic hydroxyl groups is 1. The maximum atomic E-state index is 10.2. The Morgan fingerprint density at radius 1 is 0.935 bits per heavy atom. The maximum Gasteiger partial charge on any atom is 0.116 e. The van der Waals surface area contributed by atoms with Crippen molar-refractivity contribution in [2.45, 2.75) is 56.9 Å². The van der Waals surface area contributed by atoms with Crippen molar-refractivity contribution >= 4 is 5.57 Å². The fourth-order valence-electron chi connectivity index (χ4n) is 4.97. The highest BCUT2D eigenvalue weighted by Crippen LogP contribution is 2.43. The van der Waals surface area contributed by atoms with Crippen LogP contribution in [-0.4, -0.2) is 10.6 Å². The van der Waals surface area contributed by atoms with Gasteiger partial charge in [-0.3, -0.25) is 0 Å². The van der Waals surface area contributed by atoms with Gasteiger partial charge in [-0.2, -0.15) is 0 Å². The summed E-state index contributed by atoms with van der Waals surface area (Å²) in [5.41, 5.74) is 13.2. The van der Waals surface area contributed by atoms with Crippen LogP contribution in [-0.2, 0) is 6.42 Å². The zero-order valence-corrected chi connectivity index (χ0v) is 18.4. The van der Waals surface area contributed by atoms with Crippen LogP contribution in [0.15, 0.2) is 90.5 Å². The summed E-state index contributed by atoms with van der Waals surface area (Å²) < 4.78 is 0. The van der Waals surface area contributed by atoms with Crippen molar-refractivity contribution in [2.24, 2.45) is 5.73 Å². The van der Waals surface area contributed by atoms with Gasteiger partial charge in [0.2, 0.25) is 0 Å². The molecule has 2 nitrogen and oxygen atoms in total. The second-order valence-electron chi connectivity index (χ2n) is 9.11. The van der Waals surface area contributed by atoms with Gasteiger partial charge in [0, 0.05) is 5.54 Å². The Hall–Kier alpha value is -2.84. The van der Waals surface area contributed by atoms with Crippen LogP contribution in [0.2, 0.25) is 0 Å². The van der Waals surface area contributed by atoms with Gasteiger partial charge in [-0.15, -0.1) is 0 Å². The lowest BCUT2D eigenvalue weighted by atomic mass is 9.79. The normalized spacial score (nSPS) is 19.0. The van der Waals surface area contributed by atoms with Gasteiger partial charge in [-0.1, -0.05) is 72.8 Å². The highest BCUT2D eigenvalue weighted by atomic mass is 16.3. The smallest absolute Gasteiger partial charge is 0.116 e. The quantitative estimate of drug-likeness (QED) is 0.466. The zero-order valence-electron chi connectivity index (χ0n) is 18.4. The molecule has 0 radical (unpaired) electrons. The van der Waals surface area contributed by atoms with Crippen molar-refractivity contribution in [2.75, 3.05) is 0 Å². The van der Waals surface area contributed by atoms with E-state index in [1.165, 1.54) is 22.3 Å². The minimum atomic E-state index is -0.387. The van der Waals surface area contributed by atoms with Gasteiger partial charge in [-0.25, -0.2) is 0 Å². The van der Waals surface area contributed by atoms with Gasteiger partial charge in [0.15, 0.2) is 0 Å². The minimum Gasteiger partial charge on any atom is -0.508 e. The van der Waals surface area contributed by atoms with Crippen LogP contribution in [0.5, 0.6) is 5.75 Å². The first kappa shape index (κ1) is 21.4. The van der Waals surface area contributed by atoms with Crippen LogP contribution >= 0.6 is 0 Å². The standard InChI is InChI=1S/C29H33NO/c1-29(30,19-18-22-10-4-2-5-11-22)28-17-9-14-24(23-12-6-3-7-13-23)21-27(28)25-15-8-16-26(31)20-25/h2-8,10-13,15-16,20,24,31H,9,14,17-19,21,30H2,1H3. The van der Waals surface area contributed by atoms with Gasteiger partial charge in [0.25, 0.3) is 0 Å². The lowest BCUT2D eigenvalue weighted by molar-refractivity contribution is 0.474. The third-order valence-corrected chi connectivity index (χ3v) is 6.72. The molecule has 3 N–H and O–H groups in total. The number of benzene rings is 3. The van der Waals surface area contributed by atoms with E-state index in [2.05, 4.69) is 73.7 Å². The van der Waals surface area contributed by atoms with E-state index in [0.717, 1.165) is 44.1 Å². The molecule has 0 amide bonds. The van der Waals surface area contributed by atoms with Crippen molar-refractivity contribution in [3.63, 3.8) is 0 Å². The molecule has 0 saturated carbocycles. The SMILES string of the molecule is CC(N)(CCc1ccccc1)C1=C(c2cccc(O)c2)CC(c2ccccc2)CCC1. The van der Waals surface area contributed by atoms with Crippen molar-refractivity contribution in [1.82, 2.24) is 0 Å². The molecule has 0 saturated heterocycles. The molecule has 0 heterocycles. The van der Waals surface area contributed by atoms with E-state index in [0.29, 0.717) is 11.7 Å². The number of hydrogen-bond acceptors (Lipinski definition) is 2. The third kappa shape index (κ3) is 5.26. The average molecular weight is 412 g/mol. The zero-order chi connectivity index (χ0) is 21.7. The van der Waals surface area contributed by atoms with Crippen LogP contribution in [0.1, 0.15) is 61.6 Å². The van der Waals surface area contributed by atoms with E-state index in [4.69, 9.17) is 5.73 Å². The fourth-order valence-corrected chi connectivity index (χ4v) is 4.97. The van der Waals surface area contributed by atoms with Crippen LogP contribution in [0.4, 0.5) is 0 Å². The van der Waals surface area contributed by atoms with Crippen LogP contribution in [0.25, 0.3) is 5.57 Å². The molecule has 2 unspecified atom stereocenters. The Labute approximate surface area is 186 Å². The number of phenols is 1. The topological polar surface area (TPSA) is 46.2 Å². The molecule has 0 fully saturated rings. The molecule has 4 rings (SSSR count). The number of aryl methyl sites for hydroxylation is 1. The first-order valence-corrected chi connectivity index (χ1v) is 11.4. The maximum absolute atomic E-state index is 10.2. The van der Waals surface area contributed by atoms with E-state index in [1.54, 1.807) is 6.07 Å². The highest BCUT2D eigenvalue weighted by Gasteiger charge is 2.31. The van der Waals surface area contributed by atoms with E-state index < -0.39 is 0 Å². The number of rotatable bonds is 6. The molecular formula is C29H33NO. The molecular weight excluding hydrogens is 378 g/mol. The van der Waals surface area contributed by atoms with Crippen LogP contribution < -0.4 is 5.73 Å². The van der Waals surface area contributed by atoms with E-state index in [-0.39, 0.29) is 5.54 Å². The highest BCUT2D eigenvalue weighted by molar-refractivity contribution is 5.72. The second kappa shape index (κ2) is 9.53. The summed E-state index contributed by atoms with van der Waals surface area (Å²) >= 11 is 0. The molecule has 0 spiro atoms. The number of phenolic OH excluding ortho intramolecular Hbond substituents is 1.